The van der Waals surface area contributed by atoms with Crippen molar-refractivity contribution in [2.24, 2.45) is 0 Å². The van der Waals surface area contributed by atoms with Crippen LogP contribution in [-0.4, -0.2) is 22.1 Å². The molecule has 0 saturated carbocycles. The van der Waals surface area contributed by atoms with E-state index < -0.39 is 0 Å². The first kappa shape index (κ1) is 17.5. The van der Waals surface area contributed by atoms with E-state index in [1.807, 2.05) is 31.4 Å². The van der Waals surface area contributed by atoms with Gasteiger partial charge < -0.3 is 5.32 Å². The average molecular weight is 329 g/mol. The number of nitrogens with one attached hydrogen (secondary N) is 1. The zero-order valence-corrected chi connectivity index (χ0v) is 15.0. The predicted molar refractivity (Wildman–Crippen MR) is 96.3 cm³/mol. The maximum Gasteiger partial charge on any atom is 0.259 e. The predicted octanol–water partition coefficient (Wildman–Crippen LogP) is 4.27. The van der Waals surface area contributed by atoms with Crippen molar-refractivity contribution in [3.8, 4) is 0 Å². The number of anilines is 1. The Morgan fingerprint density at radius 2 is 2.09 bits per heavy atom. The van der Waals surface area contributed by atoms with Crippen LogP contribution in [0.4, 0.5) is 5.69 Å². The number of hydrogen-bond acceptors (Lipinski definition) is 4. The molecule has 0 aliphatic carbocycles. The monoisotopic (exact) mass is 329 g/mol. The number of nitrogens with zero attached hydrogens (tertiary/aromatic N) is 2. The van der Waals surface area contributed by atoms with E-state index in [0.29, 0.717) is 10.7 Å². The lowest BCUT2D eigenvalue weighted by atomic mass is 10.0. The number of rotatable bonds is 6. The number of hydrogen-bond donors (Lipinski definition) is 1. The second-order valence-corrected chi connectivity index (χ2v) is 6.16. The lowest BCUT2D eigenvalue weighted by molar-refractivity contribution is 0.102. The van der Waals surface area contributed by atoms with Gasteiger partial charge >= 0.3 is 0 Å². The van der Waals surface area contributed by atoms with E-state index in [1.54, 1.807) is 6.20 Å². The summed E-state index contributed by atoms with van der Waals surface area (Å²) in [5.41, 5.74) is 4.48. The molecule has 0 fully saturated rings. The molecule has 0 unspecified atom stereocenters. The molecular formula is C18H23N3OS. The van der Waals surface area contributed by atoms with Crippen LogP contribution < -0.4 is 5.32 Å². The molecule has 0 saturated heterocycles. The Balaban J connectivity index is 2.34. The normalized spacial score (nSPS) is 10.6. The van der Waals surface area contributed by atoms with E-state index >= 15 is 0 Å². The van der Waals surface area contributed by atoms with Gasteiger partial charge in [0.05, 0.1) is 11.3 Å². The van der Waals surface area contributed by atoms with Crippen LogP contribution in [0.3, 0.4) is 0 Å². The van der Waals surface area contributed by atoms with E-state index in [1.165, 1.54) is 11.8 Å². The van der Waals surface area contributed by atoms with Crippen molar-refractivity contribution in [1.82, 2.24) is 9.97 Å². The van der Waals surface area contributed by atoms with E-state index in [4.69, 9.17) is 0 Å². The molecule has 5 heteroatoms. The molecule has 0 spiro atoms. The van der Waals surface area contributed by atoms with Gasteiger partial charge in [-0.25, -0.2) is 9.97 Å². The van der Waals surface area contributed by atoms with Gasteiger partial charge in [0, 0.05) is 11.9 Å². The highest BCUT2D eigenvalue weighted by Gasteiger charge is 2.16. The molecule has 1 aromatic carbocycles. The molecule has 1 aromatic heterocycles. The van der Waals surface area contributed by atoms with Crippen molar-refractivity contribution in [2.75, 3.05) is 11.6 Å². The third kappa shape index (κ3) is 4.10. The van der Waals surface area contributed by atoms with Crippen molar-refractivity contribution in [1.29, 1.82) is 0 Å². The Bertz CT molecular complexity index is 701. The Morgan fingerprint density at radius 3 is 2.74 bits per heavy atom. The van der Waals surface area contributed by atoms with Gasteiger partial charge in [-0.15, -0.1) is 0 Å². The standard InChI is InChI=1S/C18H23N3OS/c1-5-8-15-14(11-19-18(20-15)23-4)17(22)21-16-12(3)9-7-10-13(16)6-2/h7,9-11H,5-6,8H2,1-4H3,(H,21,22). The lowest BCUT2D eigenvalue weighted by Gasteiger charge is -2.14. The zero-order chi connectivity index (χ0) is 16.8. The van der Waals surface area contributed by atoms with Crippen LogP contribution in [0.15, 0.2) is 29.6 Å². The molecule has 0 bridgehead atoms. The fourth-order valence-electron chi connectivity index (χ4n) is 2.50. The van der Waals surface area contributed by atoms with Crippen LogP contribution in [-0.2, 0) is 12.8 Å². The smallest absolute Gasteiger partial charge is 0.259 e. The van der Waals surface area contributed by atoms with E-state index in [2.05, 4.69) is 29.1 Å². The largest absolute Gasteiger partial charge is 0.321 e. The van der Waals surface area contributed by atoms with Gasteiger partial charge in [0.15, 0.2) is 5.16 Å². The minimum absolute atomic E-state index is 0.134. The second kappa shape index (κ2) is 8.11. The minimum Gasteiger partial charge on any atom is -0.321 e. The van der Waals surface area contributed by atoms with Crippen molar-refractivity contribution in [3.05, 3.63) is 46.8 Å². The molecule has 1 heterocycles. The minimum atomic E-state index is -0.134. The number of carbonyl (C=O) groups excluding carboxylic acids is 1. The molecule has 0 aliphatic rings. The first-order valence-corrected chi connectivity index (χ1v) is 9.12. The zero-order valence-electron chi connectivity index (χ0n) is 14.1. The maximum atomic E-state index is 12.7. The maximum absolute atomic E-state index is 12.7. The highest BCUT2D eigenvalue weighted by atomic mass is 32.2. The molecule has 0 aliphatic heterocycles. The first-order chi connectivity index (χ1) is 11.1. The molecule has 0 radical (unpaired) electrons. The van der Waals surface area contributed by atoms with Crippen LogP contribution in [0.5, 0.6) is 0 Å². The summed E-state index contributed by atoms with van der Waals surface area (Å²) < 4.78 is 0. The molecule has 4 nitrogen and oxygen atoms in total. The molecular weight excluding hydrogens is 306 g/mol. The van der Waals surface area contributed by atoms with Gasteiger partial charge in [0.25, 0.3) is 5.91 Å². The summed E-state index contributed by atoms with van der Waals surface area (Å²) in [5, 5.41) is 3.76. The quantitative estimate of drug-likeness (QED) is 0.635. The van der Waals surface area contributed by atoms with Gasteiger partial charge in [0.1, 0.15) is 0 Å². The van der Waals surface area contributed by atoms with Crippen LogP contribution in [0, 0.1) is 6.92 Å². The number of para-hydroxylation sites is 1. The SMILES string of the molecule is CCCc1nc(SC)ncc1C(=O)Nc1c(C)cccc1CC. The Kier molecular flexibility index (Phi) is 6.16. The van der Waals surface area contributed by atoms with Crippen molar-refractivity contribution in [3.63, 3.8) is 0 Å². The van der Waals surface area contributed by atoms with Gasteiger partial charge in [-0.3, -0.25) is 4.79 Å². The summed E-state index contributed by atoms with van der Waals surface area (Å²) in [6, 6.07) is 6.07. The third-order valence-corrected chi connectivity index (χ3v) is 4.30. The molecule has 0 atom stereocenters. The van der Waals surface area contributed by atoms with Gasteiger partial charge in [-0.05, 0) is 37.1 Å². The van der Waals surface area contributed by atoms with Crippen LogP contribution in [0.25, 0.3) is 0 Å². The summed E-state index contributed by atoms with van der Waals surface area (Å²) in [6.45, 7) is 6.18. The first-order valence-electron chi connectivity index (χ1n) is 7.90. The third-order valence-electron chi connectivity index (χ3n) is 3.74. The molecule has 1 amide bonds. The lowest BCUT2D eigenvalue weighted by Crippen LogP contribution is -2.18. The molecule has 1 N–H and O–H groups in total. The summed E-state index contributed by atoms with van der Waals surface area (Å²) in [7, 11) is 0. The Hall–Kier alpha value is -1.88. The molecule has 2 aromatic rings. The highest BCUT2D eigenvalue weighted by Crippen LogP contribution is 2.23. The van der Waals surface area contributed by atoms with Gasteiger partial charge in [-0.1, -0.05) is 50.2 Å². The van der Waals surface area contributed by atoms with Crippen LogP contribution >= 0.6 is 11.8 Å². The van der Waals surface area contributed by atoms with Crippen molar-refractivity contribution in [2.45, 2.75) is 45.2 Å². The fraction of sp³-hybridized carbons (Fsp3) is 0.389. The number of carbonyl (C=O) groups is 1. The summed E-state index contributed by atoms with van der Waals surface area (Å²) in [6.07, 6.45) is 6.17. The van der Waals surface area contributed by atoms with E-state index in [9.17, 15) is 4.79 Å². The number of aromatic nitrogens is 2. The van der Waals surface area contributed by atoms with E-state index in [0.717, 1.165) is 41.8 Å². The fourth-order valence-corrected chi connectivity index (χ4v) is 2.86. The second-order valence-electron chi connectivity index (χ2n) is 5.38. The van der Waals surface area contributed by atoms with Crippen LogP contribution in [0.1, 0.15) is 47.4 Å². The van der Waals surface area contributed by atoms with Crippen LogP contribution in [0.2, 0.25) is 0 Å². The number of thioether (sulfide) groups is 1. The topological polar surface area (TPSA) is 54.9 Å². The van der Waals surface area contributed by atoms with Crippen molar-refractivity contribution >= 4 is 23.4 Å². The summed E-state index contributed by atoms with van der Waals surface area (Å²) in [5.74, 6) is -0.134. The van der Waals surface area contributed by atoms with Crippen molar-refractivity contribution < 1.29 is 4.79 Å². The summed E-state index contributed by atoms with van der Waals surface area (Å²) >= 11 is 1.49. The highest BCUT2D eigenvalue weighted by molar-refractivity contribution is 7.98. The molecule has 2 rings (SSSR count). The number of benzene rings is 1. The van der Waals surface area contributed by atoms with E-state index in [-0.39, 0.29) is 5.91 Å². The summed E-state index contributed by atoms with van der Waals surface area (Å²) in [4.78, 5) is 21.5. The van der Waals surface area contributed by atoms with Gasteiger partial charge in [-0.2, -0.15) is 0 Å². The Morgan fingerprint density at radius 1 is 1.30 bits per heavy atom. The average Bonchev–Trinajstić information content (AvgIpc) is 2.56. The molecule has 23 heavy (non-hydrogen) atoms. The number of amides is 1. The molecule has 122 valence electrons. The Labute approximate surface area is 142 Å². The van der Waals surface area contributed by atoms with Gasteiger partial charge in [0.2, 0.25) is 0 Å². The number of aryl methyl sites for hydroxylation is 3.